The molecular formula is C12H17ClN4S. The maximum absolute atomic E-state index is 5.66. The average Bonchev–Trinajstić information content (AvgIpc) is 2.98. The summed E-state index contributed by atoms with van der Waals surface area (Å²) in [6, 6.07) is 0. The average molecular weight is 285 g/mol. The minimum Gasteiger partial charge on any atom is -0.246 e. The Labute approximate surface area is 116 Å². The molecule has 2 heterocycles. The van der Waals surface area contributed by atoms with Crippen LogP contribution in [-0.4, -0.2) is 25.9 Å². The summed E-state index contributed by atoms with van der Waals surface area (Å²) >= 11 is 7.38. The van der Waals surface area contributed by atoms with E-state index in [1.165, 1.54) is 5.01 Å². The Kier molecular flexibility index (Phi) is 5.13. The highest BCUT2D eigenvalue weighted by Crippen LogP contribution is 2.12. The van der Waals surface area contributed by atoms with Gasteiger partial charge in [0.25, 0.3) is 0 Å². The second kappa shape index (κ2) is 6.85. The van der Waals surface area contributed by atoms with Crippen molar-refractivity contribution in [3.05, 3.63) is 28.0 Å². The van der Waals surface area contributed by atoms with E-state index in [4.69, 9.17) is 11.6 Å². The van der Waals surface area contributed by atoms with Gasteiger partial charge >= 0.3 is 0 Å². The minimum atomic E-state index is 0.666. The summed E-state index contributed by atoms with van der Waals surface area (Å²) in [4.78, 5) is 4.58. The van der Waals surface area contributed by atoms with Crippen LogP contribution in [0.3, 0.4) is 0 Å². The van der Waals surface area contributed by atoms with Crippen molar-refractivity contribution >= 4 is 22.9 Å². The molecule has 0 aliphatic rings. The van der Waals surface area contributed by atoms with Crippen LogP contribution in [0, 0.1) is 0 Å². The van der Waals surface area contributed by atoms with Crippen molar-refractivity contribution < 1.29 is 0 Å². The number of aromatic nitrogens is 4. The topological polar surface area (TPSA) is 43.6 Å². The van der Waals surface area contributed by atoms with Crippen LogP contribution < -0.4 is 0 Å². The van der Waals surface area contributed by atoms with Crippen LogP contribution in [0.1, 0.15) is 36.2 Å². The van der Waals surface area contributed by atoms with E-state index in [-0.39, 0.29) is 0 Å². The number of alkyl halides is 1. The van der Waals surface area contributed by atoms with Crippen molar-refractivity contribution in [2.75, 3.05) is 5.88 Å². The summed E-state index contributed by atoms with van der Waals surface area (Å²) in [6.45, 7) is 2.87. The van der Waals surface area contributed by atoms with Crippen molar-refractivity contribution in [3.8, 4) is 0 Å². The number of thiazole rings is 1. The predicted octanol–water partition coefficient (Wildman–Crippen LogP) is 2.91. The van der Waals surface area contributed by atoms with Crippen molar-refractivity contribution in [1.29, 1.82) is 0 Å². The molecule has 0 radical (unpaired) electrons. The Morgan fingerprint density at radius 1 is 1.33 bits per heavy atom. The van der Waals surface area contributed by atoms with Crippen molar-refractivity contribution in [1.82, 2.24) is 20.0 Å². The molecule has 0 aliphatic carbocycles. The van der Waals surface area contributed by atoms with Crippen LogP contribution >= 0.6 is 22.9 Å². The molecular weight excluding hydrogens is 268 g/mol. The number of rotatable bonds is 7. The van der Waals surface area contributed by atoms with Crippen molar-refractivity contribution in [2.45, 2.75) is 39.2 Å². The molecule has 0 unspecified atom stereocenters. The Hall–Kier alpha value is -0.940. The smallest absolute Gasteiger partial charge is 0.0928 e. The minimum absolute atomic E-state index is 0.666. The van der Waals surface area contributed by atoms with Crippen LogP contribution in [0.2, 0.25) is 0 Å². The van der Waals surface area contributed by atoms with Gasteiger partial charge in [0.05, 0.1) is 22.9 Å². The molecule has 0 N–H and O–H groups in total. The first kappa shape index (κ1) is 13.5. The first-order valence-corrected chi connectivity index (χ1v) is 7.61. The van der Waals surface area contributed by atoms with E-state index in [0.717, 1.165) is 37.1 Å². The molecule has 2 rings (SSSR count). The van der Waals surface area contributed by atoms with Gasteiger partial charge in [-0.25, -0.2) is 9.67 Å². The number of aryl methyl sites for hydroxylation is 2. The van der Waals surface area contributed by atoms with Crippen LogP contribution in [-0.2, 0) is 19.4 Å². The van der Waals surface area contributed by atoms with Crippen LogP contribution in [0.4, 0.5) is 0 Å². The fourth-order valence-corrected chi connectivity index (χ4v) is 2.72. The molecule has 0 saturated carbocycles. The largest absolute Gasteiger partial charge is 0.246 e. The third-order valence-corrected chi connectivity index (χ3v) is 3.76. The molecule has 2 aromatic heterocycles. The van der Waals surface area contributed by atoms with Crippen molar-refractivity contribution in [3.63, 3.8) is 0 Å². The van der Waals surface area contributed by atoms with Gasteiger partial charge in [-0.1, -0.05) is 12.1 Å². The third-order valence-electron chi connectivity index (χ3n) is 2.54. The molecule has 0 fully saturated rings. The lowest BCUT2D eigenvalue weighted by atomic mass is 10.3. The van der Waals surface area contributed by atoms with Crippen LogP contribution in [0.5, 0.6) is 0 Å². The highest BCUT2D eigenvalue weighted by molar-refractivity contribution is 7.09. The molecule has 4 nitrogen and oxygen atoms in total. The second-order valence-electron chi connectivity index (χ2n) is 4.18. The Morgan fingerprint density at radius 3 is 3.00 bits per heavy atom. The van der Waals surface area contributed by atoms with Gasteiger partial charge in [-0.2, -0.15) is 0 Å². The van der Waals surface area contributed by atoms with E-state index in [0.29, 0.717) is 12.4 Å². The molecule has 0 spiro atoms. The van der Waals surface area contributed by atoms with E-state index in [2.05, 4.69) is 27.6 Å². The molecule has 0 bridgehead atoms. The van der Waals surface area contributed by atoms with E-state index >= 15 is 0 Å². The Balaban J connectivity index is 1.93. The van der Waals surface area contributed by atoms with Gasteiger partial charge in [0.1, 0.15) is 0 Å². The van der Waals surface area contributed by atoms with Gasteiger partial charge in [0.2, 0.25) is 0 Å². The zero-order chi connectivity index (χ0) is 12.8. The molecule has 0 amide bonds. The maximum Gasteiger partial charge on any atom is 0.0928 e. The number of halogens is 1. The third kappa shape index (κ3) is 3.78. The van der Waals surface area contributed by atoms with E-state index in [9.17, 15) is 0 Å². The first-order valence-electron chi connectivity index (χ1n) is 6.20. The van der Waals surface area contributed by atoms with Gasteiger partial charge < -0.3 is 0 Å². The molecule has 0 saturated heterocycles. The normalized spacial score (nSPS) is 11.0. The lowest BCUT2D eigenvalue weighted by Crippen LogP contribution is -2.01. The predicted molar refractivity (Wildman–Crippen MR) is 74.3 cm³/mol. The van der Waals surface area contributed by atoms with Crippen LogP contribution in [0.15, 0.2) is 11.6 Å². The molecule has 0 aromatic carbocycles. The zero-order valence-electron chi connectivity index (χ0n) is 10.5. The highest BCUT2D eigenvalue weighted by Gasteiger charge is 2.05. The van der Waals surface area contributed by atoms with Gasteiger partial charge in [-0.05, 0) is 25.7 Å². The van der Waals surface area contributed by atoms with Gasteiger partial charge in [-0.3, -0.25) is 0 Å². The fourth-order valence-electron chi connectivity index (χ4n) is 1.69. The molecule has 6 heteroatoms. The summed E-state index contributed by atoms with van der Waals surface area (Å²) in [5.41, 5.74) is 2.07. The van der Waals surface area contributed by atoms with E-state index in [1.807, 2.05) is 10.9 Å². The highest BCUT2D eigenvalue weighted by atomic mass is 35.5. The summed E-state index contributed by atoms with van der Waals surface area (Å²) in [5, 5.41) is 11.5. The number of nitrogens with zero attached hydrogens (tertiary/aromatic N) is 4. The van der Waals surface area contributed by atoms with Gasteiger partial charge in [0.15, 0.2) is 0 Å². The monoisotopic (exact) mass is 284 g/mol. The van der Waals surface area contributed by atoms with E-state index in [1.54, 1.807) is 11.3 Å². The van der Waals surface area contributed by atoms with Gasteiger partial charge in [0, 0.05) is 17.5 Å². The quantitative estimate of drug-likeness (QED) is 0.734. The van der Waals surface area contributed by atoms with E-state index < -0.39 is 0 Å². The number of hydrogen-bond acceptors (Lipinski definition) is 4. The molecule has 0 aliphatic heterocycles. The van der Waals surface area contributed by atoms with Gasteiger partial charge in [-0.15, -0.1) is 28.0 Å². The second-order valence-corrected chi connectivity index (χ2v) is 5.50. The lowest BCUT2D eigenvalue weighted by molar-refractivity contribution is 0.638. The standard InChI is InChI=1S/C12H17ClN4S/c1-2-4-12-14-11(9-18-12)8-17-7-10(15-16-17)5-3-6-13/h7,9H,2-6,8H2,1H3. The summed E-state index contributed by atoms with van der Waals surface area (Å²) in [6.07, 6.45) is 6.01. The maximum atomic E-state index is 5.66. The molecule has 98 valence electrons. The molecule has 2 aromatic rings. The SMILES string of the molecule is CCCc1nc(Cn2cc(CCCCl)nn2)cs1. The molecule has 0 atom stereocenters. The Morgan fingerprint density at radius 2 is 2.22 bits per heavy atom. The zero-order valence-corrected chi connectivity index (χ0v) is 12.0. The fraction of sp³-hybridized carbons (Fsp3) is 0.583. The molecule has 18 heavy (non-hydrogen) atoms. The Bertz CT molecular complexity index is 480. The van der Waals surface area contributed by atoms with Crippen molar-refractivity contribution in [2.24, 2.45) is 0 Å². The summed E-state index contributed by atoms with van der Waals surface area (Å²) in [7, 11) is 0. The summed E-state index contributed by atoms with van der Waals surface area (Å²) < 4.78 is 1.84. The first-order chi connectivity index (χ1) is 8.81. The number of hydrogen-bond donors (Lipinski definition) is 0. The summed E-state index contributed by atoms with van der Waals surface area (Å²) in [5.74, 6) is 0.666. The van der Waals surface area contributed by atoms with Crippen LogP contribution in [0.25, 0.3) is 0 Å². The lowest BCUT2D eigenvalue weighted by Gasteiger charge is -1.95.